The van der Waals surface area contributed by atoms with Crippen molar-refractivity contribution in [3.63, 3.8) is 0 Å². The molecule has 25 heavy (non-hydrogen) atoms. The second kappa shape index (κ2) is 6.84. The number of amides is 2. The third kappa shape index (κ3) is 3.51. The number of nitrogens with two attached hydrogens (primary N) is 1. The summed E-state index contributed by atoms with van der Waals surface area (Å²) in [4.78, 5) is 23.8. The molecule has 8 nitrogen and oxygen atoms in total. The largest absolute Gasteiger partial charge is 0.365 e. The van der Waals surface area contributed by atoms with E-state index in [9.17, 15) is 14.9 Å². The zero-order valence-electron chi connectivity index (χ0n) is 14.4. The molecule has 0 aliphatic heterocycles. The molecule has 2 aliphatic rings. The van der Waals surface area contributed by atoms with E-state index < -0.39 is 11.4 Å². The molecular formula is C17H24N6O2. The van der Waals surface area contributed by atoms with Crippen LogP contribution in [0.5, 0.6) is 0 Å². The predicted molar refractivity (Wildman–Crippen MR) is 91.6 cm³/mol. The first kappa shape index (κ1) is 17.4. The van der Waals surface area contributed by atoms with Gasteiger partial charge in [0.1, 0.15) is 5.56 Å². The van der Waals surface area contributed by atoms with Crippen molar-refractivity contribution < 1.29 is 9.59 Å². The summed E-state index contributed by atoms with van der Waals surface area (Å²) in [6.45, 7) is 0. The van der Waals surface area contributed by atoms with Crippen LogP contribution >= 0.6 is 0 Å². The molecule has 2 amide bonds. The first-order valence-electron chi connectivity index (χ1n) is 8.74. The van der Waals surface area contributed by atoms with E-state index >= 15 is 0 Å². The first-order valence-corrected chi connectivity index (χ1v) is 8.74. The maximum Gasteiger partial charge on any atom is 0.254 e. The van der Waals surface area contributed by atoms with E-state index in [4.69, 9.17) is 5.73 Å². The van der Waals surface area contributed by atoms with Crippen LogP contribution in [-0.2, 0) is 10.3 Å². The Morgan fingerprint density at radius 3 is 2.60 bits per heavy atom. The van der Waals surface area contributed by atoms with Gasteiger partial charge in [0.25, 0.3) is 5.91 Å². The van der Waals surface area contributed by atoms with E-state index in [2.05, 4.69) is 21.8 Å². The van der Waals surface area contributed by atoms with Gasteiger partial charge in [-0.15, -0.1) is 0 Å². The standard InChI is InChI=1S/C17H24N6O2/c1-20-12-4-6-17(7-5-12,8-9-18)23-10-13(14(19)24)15(22-23)21-16(25)11-2-3-11/h10-12,20H,2-8H2,1H3,(H2,19,24)(H,21,22,25)/t12-,17-. The monoisotopic (exact) mass is 344 g/mol. The lowest BCUT2D eigenvalue weighted by Gasteiger charge is -2.39. The van der Waals surface area contributed by atoms with Gasteiger partial charge >= 0.3 is 0 Å². The fourth-order valence-corrected chi connectivity index (χ4v) is 3.53. The second-order valence-electron chi connectivity index (χ2n) is 7.09. The molecule has 134 valence electrons. The van der Waals surface area contributed by atoms with Crippen molar-refractivity contribution in [1.82, 2.24) is 15.1 Å². The molecule has 0 bridgehead atoms. The van der Waals surface area contributed by atoms with Crippen LogP contribution in [-0.4, -0.2) is 34.7 Å². The lowest BCUT2D eigenvalue weighted by molar-refractivity contribution is -0.117. The van der Waals surface area contributed by atoms with Crippen LogP contribution in [0.2, 0.25) is 0 Å². The van der Waals surface area contributed by atoms with Gasteiger partial charge in [-0.3, -0.25) is 14.3 Å². The molecule has 3 rings (SSSR count). The van der Waals surface area contributed by atoms with Crippen molar-refractivity contribution in [2.75, 3.05) is 12.4 Å². The Balaban J connectivity index is 1.89. The zero-order chi connectivity index (χ0) is 18.0. The zero-order valence-corrected chi connectivity index (χ0v) is 14.4. The number of hydrogen-bond acceptors (Lipinski definition) is 5. The van der Waals surface area contributed by atoms with Gasteiger partial charge in [-0.2, -0.15) is 10.4 Å². The van der Waals surface area contributed by atoms with Gasteiger partial charge in [0.15, 0.2) is 5.82 Å². The van der Waals surface area contributed by atoms with E-state index in [1.54, 1.807) is 10.9 Å². The van der Waals surface area contributed by atoms with Crippen LogP contribution in [0.3, 0.4) is 0 Å². The summed E-state index contributed by atoms with van der Waals surface area (Å²) in [5.41, 5.74) is 5.20. The molecule has 2 saturated carbocycles. The van der Waals surface area contributed by atoms with Crippen LogP contribution in [0.15, 0.2) is 6.20 Å². The minimum atomic E-state index is -0.631. The highest BCUT2D eigenvalue weighted by molar-refractivity contribution is 6.02. The first-order chi connectivity index (χ1) is 12.0. The topological polar surface area (TPSA) is 126 Å². The smallest absolute Gasteiger partial charge is 0.254 e. The average Bonchev–Trinajstić information content (AvgIpc) is 3.36. The summed E-state index contributed by atoms with van der Waals surface area (Å²) >= 11 is 0. The summed E-state index contributed by atoms with van der Waals surface area (Å²) in [6.07, 6.45) is 7.02. The Bertz CT molecular complexity index is 707. The molecule has 2 aliphatic carbocycles. The lowest BCUT2D eigenvalue weighted by Crippen LogP contribution is -2.42. The summed E-state index contributed by atoms with van der Waals surface area (Å²) in [5.74, 6) is -0.545. The highest BCUT2D eigenvalue weighted by Crippen LogP contribution is 2.38. The molecule has 0 aromatic carbocycles. The maximum absolute atomic E-state index is 12.0. The van der Waals surface area contributed by atoms with Crippen molar-refractivity contribution in [3.05, 3.63) is 11.8 Å². The SMILES string of the molecule is CN[C@H]1CC[C@](CC#N)(n2cc(C(N)=O)c(NC(=O)C3CC3)n2)CC1. The van der Waals surface area contributed by atoms with Gasteiger partial charge in [0, 0.05) is 18.2 Å². The van der Waals surface area contributed by atoms with E-state index in [0.29, 0.717) is 12.5 Å². The lowest BCUT2D eigenvalue weighted by atomic mass is 9.77. The van der Waals surface area contributed by atoms with Crippen molar-refractivity contribution in [3.8, 4) is 6.07 Å². The number of rotatable bonds is 6. The van der Waals surface area contributed by atoms with Crippen molar-refractivity contribution in [1.29, 1.82) is 5.26 Å². The van der Waals surface area contributed by atoms with Gasteiger partial charge in [-0.25, -0.2) is 0 Å². The van der Waals surface area contributed by atoms with Crippen LogP contribution in [0.4, 0.5) is 5.82 Å². The number of nitrogens with zero attached hydrogens (tertiary/aromatic N) is 3. The van der Waals surface area contributed by atoms with Gasteiger partial charge in [-0.1, -0.05) is 0 Å². The quantitative estimate of drug-likeness (QED) is 0.712. The molecule has 0 radical (unpaired) electrons. The van der Waals surface area contributed by atoms with Crippen molar-refractivity contribution >= 4 is 17.6 Å². The highest BCUT2D eigenvalue weighted by atomic mass is 16.2. The third-order valence-corrected chi connectivity index (χ3v) is 5.39. The van der Waals surface area contributed by atoms with E-state index in [-0.39, 0.29) is 23.2 Å². The Labute approximate surface area is 146 Å². The van der Waals surface area contributed by atoms with Gasteiger partial charge < -0.3 is 16.4 Å². The van der Waals surface area contributed by atoms with Gasteiger partial charge in [0.05, 0.1) is 18.0 Å². The number of anilines is 1. The number of hydrogen-bond donors (Lipinski definition) is 3. The Kier molecular flexibility index (Phi) is 4.77. The number of primary amides is 1. The van der Waals surface area contributed by atoms with Crippen LogP contribution in [0.25, 0.3) is 0 Å². The van der Waals surface area contributed by atoms with Gasteiger partial charge in [0.2, 0.25) is 5.91 Å². The average molecular weight is 344 g/mol. The fourth-order valence-electron chi connectivity index (χ4n) is 3.53. The molecule has 8 heteroatoms. The van der Waals surface area contributed by atoms with Crippen molar-refractivity contribution in [2.45, 2.75) is 56.5 Å². The molecule has 0 spiro atoms. The van der Waals surface area contributed by atoms with E-state index in [0.717, 1.165) is 38.5 Å². The normalized spacial score (nSPS) is 26.0. The van der Waals surface area contributed by atoms with Crippen LogP contribution < -0.4 is 16.4 Å². The minimum Gasteiger partial charge on any atom is -0.365 e. The molecule has 0 unspecified atom stereocenters. The van der Waals surface area contributed by atoms with E-state index in [1.807, 2.05) is 7.05 Å². The summed E-state index contributed by atoms with van der Waals surface area (Å²) in [6, 6.07) is 2.67. The van der Waals surface area contributed by atoms with Crippen LogP contribution in [0, 0.1) is 17.2 Å². The highest BCUT2D eigenvalue weighted by Gasteiger charge is 2.39. The Hall–Kier alpha value is -2.40. The fraction of sp³-hybridized carbons (Fsp3) is 0.647. The minimum absolute atomic E-state index is 0.00464. The van der Waals surface area contributed by atoms with E-state index in [1.165, 1.54) is 0 Å². The number of carbonyl (C=O) groups is 2. The summed E-state index contributed by atoms with van der Waals surface area (Å²) in [7, 11) is 1.94. The second-order valence-corrected chi connectivity index (χ2v) is 7.09. The number of aromatic nitrogens is 2. The molecule has 0 atom stereocenters. The van der Waals surface area contributed by atoms with Crippen LogP contribution in [0.1, 0.15) is 55.3 Å². The molecule has 1 heterocycles. The maximum atomic E-state index is 12.0. The molecule has 1 aromatic rings. The molecular weight excluding hydrogens is 320 g/mol. The predicted octanol–water partition coefficient (Wildman–Crippen LogP) is 1.10. The molecule has 4 N–H and O–H groups in total. The summed E-state index contributed by atoms with van der Waals surface area (Å²) in [5, 5.41) is 19.8. The van der Waals surface area contributed by atoms with Gasteiger partial charge in [-0.05, 0) is 45.6 Å². The summed E-state index contributed by atoms with van der Waals surface area (Å²) < 4.78 is 1.69. The molecule has 2 fully saturated rings. The molecule has 0 saturated heterocycles. The number of carbonyl (C=O) groups excluding carboxylic acids is 2. The van der Waals surface area contributed by atoms with Crippen molar-refractivity contribution in [2.24, 2.45) is 11.7 Å². The number of nitriles is 1. The number of nitrogens with one attached hydrogen (secondary N) is 2. The Morgan fingerprint density at radius 2 is 2.08 bits per heavy atom. The Morgan fingerprint density at radius 1 is 1.40 bits per heavy atom. The third-order valence-electron chi connectivity index (χ3n) is 5.39. The molecule has 1 aromatic heterocycles.